The molecule has 3 heterocycles. The number of thiazole rings is 1. The number of carbonyl (C=O) groups is 1. The summed E-state index contributed by atoms with van der Waals surface area (Å²) in [4.78, 5) is 45.3. The second kappa shape index (κ2) is 9.55. The molecule has 10 nitrogen and oxygen atoms in total. The van der Waals surface area contributed by atoms with Crippen molar-refractivity contribution < 1.29 is 18.3 Å². The minimum Gasteiger partial charge on any atom is -0.434 e. The molecule has 0 bridgehead atoms. The number of fused-ring (bicyclic) bond motifs is 1. The number of carbonyl (C=O) groups excluding carboxylic acids is 1. The lowest BCUT2D eigenvalue weighted by molar-refractivity contribution is -0.116. The molecule has 3 aromatic heterocycles. The van der Waals surface area contributed by atoms with E-state index in [2.05, 4.69) is 20.0 Å². The van der Waals surface area contributed by atoms with Crippen LogP contribution in [0.25, 0.3) is 22.4 Å². The first kappa shape index (κ1) is 23.3. The largest absolute Gasteiger partial charge is 0.434 e. The molecule has 0 spiro atoms. The van der Waals surface area contributed by atoms with Crippen molar-refractivity contribution in [1.82, 2.24) is 23.7 Å². The van der Waals surface area contributed by atoms with Crippen LogP contribution in [0.1, 0.15) is 12.8 Å². The lowest BCUT2D eigenvalue weighted by atomic mass is 10.1. The van der Waals surface area contributed by atoms with Gasteiger partial charge in [-0.25, -0.2) is 14.8 Å². The van der Waals surface area contributed by atoms with Crippen molar-refractivity contribution in [2.45, 2.75) is 26.0 Å². The van der Waals surface area contributed by atoms with E-state index >= 15 is 0 Å². The molecule has 0 saturated heterocycles. The number of hydrogen-bond acceptors (Lipinski definition) is 7. The number of halogens is 2. The van der Waals surface area contributed by atoms with Crippen LogP contribution in [0.2, 0.25) is 0 Å². The zero-order valence-electron chi connectivity index (χ0n) is 18.2. The lowest BCUT2D eigenvalue weighted by Crippen LogP contribution is -2.37. The summed E-state index contributed by atoms with van der Waals surface area (Å²) in [6.07, 6.45) is 2.02. The van der Waals surface area contributed by atoms with Gasteiger partial charge in [-0.05, 0) is 18.6 Å². The van der Waals surface area contributed by atoms with E-state index in [-0.39, 0.29) is 23.7 Å². The number of imidazole rings is 1. The van der Waals surface area contributed by atoms with E-state index in [1.165, 1.54) is 31.1 Å². The zero-order valence-corrected chi connectivity index (χ0v) is 19.0. The zero-order chi connectivity index (χ0) is 24.4. The molecule has 4 aromatic rings. The maximum Gasteiger partial charge on any atom is 0.387 e. The van der Waals surface area contributed by atoms with Crippen LogP contribution < -0.4 is 21.3 Å². The van der Waals surface area contributed by atoms with Gasteiger partial charge in [0.25, 0.3) is 5.56 Å². The van der Waals surface area contributed by atoms with Crippen molar-refractivity contribution in [3.8, 4) is 17.0 Å². The molecule has 0 aliphatic heterocycles. The molecule has 0 radical (unpaired) electrons. The number of nitrogens with one attached hydrogen (secondary N) is 1. The van der Waals surface area contributed by atoms with E-state index in [0.29, 0.717) is 34.9 Å². The van der Waals surface area contributed by atoms with Crippen LogP contribution >= 0.6 is 11.3 Å². The number of benzene rings is 1. The summed E-state index contributed by atoms with van der Waals surface area (Å²) in [5, 5.41) is 4.65. The van der Waals surface area contributed by atoms with Crippen LogP contribution in [0.3, 0.4) is 0 Å². The molecular formula is C21H20F2N6O4S. The van der Waals surface area contributed by atoms with Crippen LogP contribution in [0.4, 0.5) is 13.9 Å². The van der Waals surface area contributed by atoms with Crippen molar-refractivity contribution in [1.29, 1.82) is 0 Å². The van der Waals surface area contributed by atoms with Crippen LogP contribution in [0.5, 0.6) is 5.75 Å². The molecule has 0 aliphatic carbocycles. The van der Waals surface area contributed by atoms with Crippen molar-refractivity contribution in [2.24, 2.45) is 14.1 Å². The molecule has 1 aromatic carbocycles. The quantitative estimate of drug-likeness (QED) is 0.406. The van der Waals surface area contributed by atoms with Gasteiger partial charge in [-0.1, -0.05) is 12.1 Å². The number of aryl methyl sites for hydroxylation is 2. The predicted octanol–water partition coefficient (Wildman–Crippen LogP) is 2.58. The Bertz CT molecular complexity index is 1470. The smallest absolute Gasteiger partial charge is 0.387 e. The van der Waals surface area contributed by atoms with Gasteiger partial charge in [0.2, 0.25) is 5.91 Å². The fraction of sp³-hybridized carbons (Fsp3) is 0.286. The van der Waals surface area contributed by atoms with Crippen molar-refractivity contribution in [3.05, 3.63) is 56.8 Å². The fourth-order valence-corrected chi connectivity index (χ4v) is 4.22. The Kier molecular flexibility index (Phi) is 6.54. The number of ether oxygens (including phenoxy) is 1. The maximum absolute atomic E-state index is 12.6. The number of para-hydroxylation sites is 1. The molecule has 34 heavy (non-hydrogen) atoms. The standard InChI is InChI=1S/C21H20F2N6O4S/c1-27-17-16(18(31)28(2)21(27)32)29(11-24-17)9-5-8-15(30)26-20-25-13(10-34-20)12-6-3-4-7-14(12)33-19(22)23/h3-4,6-7,10-11,19H,5,8-9H2,1-2H3,(H,25,26,30). The molecular weight excluding hydrogens is 470 g/mol. The van der Waals surface area contributed by atoms with Crippen molar-refractivity contribution in [3.63, 3.8) is 0 Å². The van der Waals surface area contributed by atoms with Crippen LogP contribution in [-0.2, 0) is 25.4 Å². The van der Waals surface area contributed by atoms with Gasteiger partial charge in [-0.2, -0.15) is 8.78 Å². The third-order valence-corrected chi connectivity index (χ3v) is 5.91. The van der Waals surface area contributed by atoms with Gasteiger partial charge in [0.15, 0.2) is 16.3 Å². The predicted molar refractivity (Wildman–Crippen MR) is 122 cm³/mol. The maximum atomic E-state index is 12.6. The van der Waals surface area contributed by atoms with Gasteiger partial charge < -0.3 is 14.6 Å². The molecule has 0 fully saturated rings. The Labute approximate surface area is 195 Å². The molecule has 1 amide bonds. The Morgan fingerprint density at radius 1 is 1.21 bits per heavy atom. The monoisotopic (exact) mass is 490 g/mol. The normalized spacial score (nSPS) is 11.3. The third kappa shape index (κ3) is 4.59. The number of amides is 1. The Morgan fingerprint density at radius 2 is 1.97 bits per heavy atom. The molecule has 4 rings (SSSR count). The highest BCUT2D eigenvalue weighted by molar-refractivity contribution is 7.14. The molecule has 0 unspecified atom stereocenters. The second-order valence-electron chi connectivity index (χ2n) is 7.38. The van der Waals surface area contributed by atoms with Gasteiger partial charge in [0, 0.05) is 38.0 Å². The summed E-state index contributed by atoms with van der Waals surface area (Å²) in [6.45, 7) is -2.62. The fourth-order valence-electron chi connectivity index (χ4n) is 3.49. The summed E-state index contributed by atoms with van der Waals surface area (Å²) in [7, 11) is 2.93. The number of nitrogens with zero attached hydrogens (tertiary/aromatic N) is 5. The third-order valence-electron chi connectivity index (χ3n) is 5.15. The molecule has 178 valence electrons. The average Bonchev–Trinajstić information content (AvgIpc) is 3.43. The average molecular weight is 490 g/mol. The summed E-state index contributed by atoms with van der Waals surface area (Å²) in [6, 6.07) is 6.28. The number of aromatic nitrogens is 5. The van der Waals surface area contributed by atoms with E-state index in [1.807, 2.05) is 0 Å². The lowest BCUT2D eigenvalue weighted by Gasteiger charge is -2.08. The Hall–Kier alpha value is -3.87. The molecule has 0 atom stereocenters. The topological polar surface area (TPSA) is 113 Å². The number of rotatable bonds is 8. The van der Waals surface area contributed by atoms with Gasteiger partial charge in [0.05, 0.1) is 12.0 Å². The Balaban J connectivity index is 1.40. The molecule has 1 N–H and O–H groups in total. The van der Waals surface area contributed by atoms with E-state index in [4.69, 9.17) is 0 Å². The second-order valence-corrected chi connectivity index (χ2v) is 8.24. The summed E-state index contributed by atoms with van der Waals surface area (Å²) in [5.41, 5.74) is 0.452. The highest BCUT2D eigenvalue weighted by Crippen LogP contribution is 2.33. The summed E-state index contributed by atoms with van der Waals surface area (Å²) >= 11 is 1.16. The van der Waals surface area contributed by atoms with Gasteiger partial charge in [-0.3, -0.25) is 18.7 Å². The number of alkyl halides is 2. The van der Waals surface area contributed by atoms with Gasteiger partial charge in [0.1, 0.15) is 5.75 Å². The first-order valence-corrected chi connectivity index (χ1v) is 11.0. The number of hydrogen-bond donors (Lipinski definition) is 1. The van der Waals surface area contributed by atoms with Crippen LogP contribution in [-0.4, -0.2) is 36.2 Å². The molecule has 13 heteroatoms. The summed E-state index contributed by atoms with van der Waals surface area (Å²) < 4.78 is 33.7. The van der Waals surface area contributed by atoms with Gasteiger partial charge in [-0.15, -0.1) is 11.3 Å². The van der Waals surface area contributed by atoms with E-state index in [0.717, 1.165) is 15.9 Å². The van der Waals surface area contributed by atoms with E-state index in [1.54, 1.807) is 28.1 Å². The van der Waals surface area contributed by atoms with Crippen molar-refractivity contribution >= 4 is 33.5 Å². The number of anilines is 1. The van der Waals surface area contributed by atoms with E-state index in [9.17, 15) is 23.2 Å². The van der Waals surface area contributed by atoms with Crippen LogP contribution in [0, 0.1) is 0 Å². The molecule has 0 saturated carbocycles. The molecule has 0 aliphatic rings. The first-order chi connectivity index (χ1) is 16.3. The minimum atomic E-state index is -2.96. The SMILES string of the molecule is Cn1c(=O)c2c(ncn2CCCC(=O)Nc2nc(-c3ccccc3OC(F)F)cs2)n(C)c1=O. The first-order valence-electron chi connectivity index (χ1n) is 10.2. The van der Waals surface area contributed by atoms with Crippen molar-refractivity contribution in [2.75, 3.05) is 5.32 Å². The minimum absolute atomic E-state index is 0.00289. The van der Waals surface area contributed by atoms with E-state index < -0.39 is 17.9 Å². The van der Waals surface area contributed by atoms with Gasteiger partial charge >= 0.3 is 12.3 Å². The summed E-state index contributed by atoms with van der Waals surface area (Å²) in [5.74, 6) is -0.292. The highest BCUT2D eigenvalue weighted by Gasteiger charge is 2.16. The highest BCUT2D eigenvalue weighted by atomic mass is 32.1. The van der Waals surface area contributed by atoms with Crippen LogP contribution in [0.15, 0.2) is 45.6 Å². The Morgan fingerprint density at radius 3 is 2.74 bits per heavy atom.